The molecule has 116 valence electrons. The highest BCUT2D eigenvalue weighted by atomic mass is 19.1. The topological polar surface area (TPSA) is 83.6 Å². The Kier molecular flexibility index (Phi) is 4.65. The van der Waals surface area contributed by atoms with Crippen LogP contribution < -0.4 is 5.32 Å². The number of nitrogens with zero attached hydrogens (tertiary/aromatic N) is 1. The summed E-state index contributed by atoms with van der Waals surface area (Å²) in [5.41, 5.74) is -0.0487. The van der Waals surface area contributed by atoms with Crippen LogP contribution in [-0.2, 0) is 19.2 Å². The van der Waals surface area contributed by atoms with Gasteiger partial charge in [0.25, 0.3) is 11.8 Å². The fraction of sp³-hybridized carbons (Fsp3) is 0.333. The van der Waals surface area contributed by atoms with E-state index >= 15 is 0 Å². The summed E-state index contributed by atoms with van der Waals surface area (Å²) in [4.78, 5) is 48.6. The second kappa shape index (κ2) is 6.46. The lowest BCUT2D eigenvalue weighted by Gasteiger charge is -2.28. The van der Waals surface area contributed by atoms with Gasteiger partial charge in [0.2, 0.25) is 11.8 Å². The van der Waals surface area contributed by atoms with E-state index in [1.165, 1.54) is 6.08 Å². The molecule has 0 aromatic heterocycles. The highest BCUT2D eigenvalue weighted by Crippen LogP contribution is 2.27. The van der Waals surface area contributed by atoms with E-state index in [0.717, 1.165) is 11.0 Å². The van der Waals surface area contributed by atoms with Crippen molar-refractivity contribution in [2.24, 2.45) is 0 Å². The van der Waals surface area contributed by atoms with Crippen LogP contribution in [0.4, 0.5) is 4.39 Å². The lowest BCUT2D eigenvalue weighted by atomic mass is 10.0. The van der Waals surface area contributed by atoms with E-state index in [9.17, 15) is 23.6 Å². The molecule has 2 aliphatic heterocycles. The summed E-state index contributed by atoms with van der Waals surface area (Å²) in [7, 11) is 0. The predicted molar refractivity (Wildman–Crippen MR) is 74.7 cm³/mol. The number of amides is 4. The number of nitrogens with one attached hydrogen (secondary N) is 1. The zero-order valence-electron chi connectivity index (χ0n) is 12.0. The normalized spacial score (nSPS) is 23.4. The van der Waals surface area contributed by atoms with Gasteiger partial charge in [0.1, 0.15) is 6.04 Å². The Hall–Kier alpha value is -2.57. The van der Waals surface area contributed by atoms with Gasteiger partial charge in [-0.15, -0.1) is 0 Å². The van der Waals surface area contributed by atoms with Gasteiger partial charge in [-0.25, -0.2) is 4.39 Å². The lowest BCUT2D eigenvalue weighted by molar-refractivity contribution is -0.149. The van der Waals surface area contributed by atoms with Gasteiger partial charge in [-0.2, -0.15) is 0 Å². The number of carbonyl (C=O) groups excluding carboxylic acids is 4. The van der Waals surface area contributed by atoms with Crippen molar-refractivity contribution in [1.29, 1.82) is 0 Å². The summed E-state index contributed by atoms with van der Waals surface area (Å²) in [6, 6.07) is -1.05. The number of carbonyl (C=O) groups is 4. The molecule has 2 heterocycles. The maximum absolute atomic E-state index is 12.5. The first kappa shape index (κ1) is 15.8. The van der Waals surface area contributed by atoms with Crippen LogP contribution in [0.25, 0.3) is 0 Å². The van der Waals surface area contributed by atoms with Crippen LogP contribution in [-0.4, -0.2) is 34.6 Å². The highest BCUT2D eigenvalue weighted by Gasteiger charge is 2.44. The highest BCUT2D eigenvalue weighted by molar-refractivity contribution is 6.23. The smallest absolute Gasteiger partial charge is 0.262 e. The molecule has 2 aliphatic rings. The molecule has 0 radical (unpaired) electrons. The van der Waals surface area contributed by atoms with Gasteiger partial charge in [-0.05, 0) is 18.9 Å². The van der Waals surface area contributed by atoms with Gasteiger partial charge < -0.3 is 0 Å². The second-order valence-electron chi connectivity index (χ2n) is 4.88. The quantitative estimate of drug-likeness (QED) is 0.782. The largest absolute Gasteiger partial charge is 0.295 e. The molecule has 0 saturated carbocycles. The average molecular weight is 306 g/mol. The number of hydrogen-bond acceptors (Lipinski definition) is 4. The molecule has 7 heteroatoms. The fourth-order valence-electron chi connectivity index (χ4n) is 2.41. The van der Waals surface area contributed by atoms with Crippen LogP contribution in [0.15, 0.2) is 35.7 Å². The van der Waals surface area contributed by atoms with Crippen LogP contribution >= 0.6 is 0 Å². The Morgan fingerprint density at radius 3 is 2.36 bits per heavy atom. The van der Waals surface area contributed by atoms with E-state index in [-0.39, 0.29) is 30.3 Å². The maximum atomic E-state index is 12.5. The minimum Gasteiger partial charge on any atom is -0.295 e. The lowest BCUT2D eigenvalue weighted by Crippen LogP contribution is -2.54. The first-order chi connectivity index (χ1) is 10.5. The van der Waals surface area contributed by atoms with Gasteiger partial charge in [0.05, 0.1) is 17.5 Å². The van der Waals surface area contributed by atoms with Gasteiger partial charge in [-0.1, -0.05) is 19.1 Å². The first-order valence-electron chi connectivity index (χ1n) is 6.90. The third-order valence-corrected chi connectivity index (χ3v) is 3.46. The van der Waals surface area contributed by atoms with E-state index in [1.54, 1.807) is 6.08 Å². The molecular weight excluding hydrogens is 291 g/mol. The summed E-state index contributed by atoms with van der Waals surface area (Å²) in [6.45, 7) is 1.85. The molecule has 0 aliphatic carbocycles. The fourth-order valence-corrected chi connectivity index (χ4v) is 2.41. The summed E-state index contributed by atoms with van der Waals surface area (Å²) in [6.07, 6.45) is 4.94. The van der Waals surface area contributed by atoms with Crippen molar-refractivity contribution in [2.45, 2.75) is 32.2 Å². The molecule has 0 aromatic carbocycles. The third-order valence-electron chi connectivity index (χ3n) is 3.46. The molecule has 1 unspecified atom stereocenters. The van der Waals surface area contributed by atoms with Crippen molar-refractivity contribution < 1.29 is 23.6 Å². The van der Waals surface area contributed by atoms with Crippen molar-refractivity contribution in [3.8, 4) is 0 Å². The van der Waals surface area contributed by atoms with Crippen molar-refractivity contribution >= 4 is 23.6 Å². The number of halogens is 1. The zero-order valence-corrected chi connectivity index (χ0v) is 12.0. The summed E-state index contributed by atoms with van der Waals surface area (Å²) >= 11 is 0. The number of imide groups is 2. The Bertz CT molecular complexity index is 633. The van der Waals surface area contributed by atoms with E-state index < -0.39 is 29.7 Å². The maximum Gasteiger partial charge on any atom is 0.262 e. The molecule has 0 aromatic rings. The molecule has 1 N–H and O–H groups in total. The van der Waals surface area contributed by atoms with Gasteiger partial charge in [-0.3, -0.25) is 29.4 Å². The van der Waals surface area contributed by atoms with Crippen molar-refractivity contribution in [3.05, 3.63) is 35.7 Å². The van der Waals surface area contributed by atoms with Gasteiger partial charge in [0.15, 0.2) is 0 Å². The third kappa shape index (κ3) is 2.74. The molecule has 4 amide bonds. The van der Waals surface area contributed by atoms with E-state index in [4.69, 9.17) is 0 Å². The zero-order chi connectivity index (χ0) is 16.3. The predicted octanol–water partition coefficient (Wildman–Crippen LogP) is 0.906. The summed E-state index contributed by atoms with van der Waals surface area (Å²) in [5.74, 6) is -2.52. The minimum absolute atomic E-state index is 0.0435. The molecule has 0 bridgehead atoms. The van der Waals surface area contributed by atoms with Gasteiger partial charge in [0, 0.05) is 6.42 Å². The minimum atomic E-state index is -1.05. The standard InChI is InChI=1S/C15H15FN2O4/c1-2-3-4-9-10(7-8-16)15(22)18(14(9)21)11-5-6-12(19)17-13(11)20/h3-4,7-8,11H,2,5-6H2,1H3,(H,17,19,20)/b4-3+,8-7-. The molecule has 0 spiro atoms. The first-order valence-corrected chi connectivity index (χ1v) is 6.90. The van der Waals surface area contributed by atoms with Crippen molar-refractivity contribution in [2.75, 3.05) is 0 Å². The van der Waals surface area contributed by atoms with Crippen molar-refractivity contribution in [3.63, 3.8) is 0 Å². The Morgan fingerprint density at radius 1 is 1.18 bits per heavy atom. The summed E-state index contributed by atoms with van der Waals surface area (Å²) in [5, 5.41) is 2.10. The molecule has 1 saturated heterocycles. The van der Waals surface area contributed by atoms with Crippen molar-refractivity contribution in [1.82, 2.24) is 10.2 Å². The molecule has 2 rings (SSSR count). The second-order valence-corrected chi connectivity index (χ2v) is 4.88. The molecular formula is C15H15FN2O4. The van der Waals surface area contributed by atoms with E-state index in [1.807, 2.05) is 6.92 Å². The van der Waals surface area contributed by atoms with Crippen LogP contribution in [0, 0.1) is 0 Å². The monoisotopic (exact) mass is 306 g/mol. The Morgan fingerprint density at radius 2 is 1.82 bits per heavy atom. The van der Waals surface area contributed by atoms with Crippen LogP contribution in [0.1, 0.15) is 26.2 Å². The van der Waals surface area contributed by atoms with E-state index in [2.05, 4.69) is 5.32 Å². The molecule has 1 atom stereocenters. The summed E-state index contributed by atoms with van der Waals surface area (Å²) < 4.78 is 12.5. The Balaban J connectivity index is 2.35. The SMILES string of the molecule is CC/C=C/C1=C(/C=C\F)C(=O)N(C2CCC(=O)NC2=O)C1=O. The van der Waals surface area contributed by atoms with Crippen LogP contribution in [0.2, 0.25) is 0 Å². The Labute approximate surface area is 126 Å². The number of hydrogen-bond donors (Lipinski definition) is 1. The van der Waals surface area contributed by atoms with Crippen LogP contribution in [0.5, 0.6) is 0 Å². The molecule has 6 nitrogen and oxygen atoms in total. The number of rotatable bonds is 4. The molecule has 1 fully saturated rings. The van der Waals surface area contributed by atoms with E-state index in [0.29, 0.717) is 6.42 Å². The molecule has 22 heavy (non-hydrogen) atoms. The van der Waals surface area contributed by atoms with Crippen LogP contribution in [0.3, 0.4) is 0 Å². The van der Waals surface area contributed by atoms with Gasteiger partial charge >= 0.3 is 0 Å². The average Bonchev–Trinajstić information content (AvgIpc) is 2.70. The number of piperidine rings is 1. The number of allylic oxidation sites excluding steroid dienone is 1.